The molecule has 0 aliphatic heterocycles. The molecule has 1 aromatic heterocycles. The minimum absolute atomic E-state index is 0.144. The molecule has 0 spiro atoms. The van der Waals surface area contributed by atoms with E-state index in [1.807, 2.05) is 44.2 Å². The van der Waals surface area contributed by atoms with Gasteiger partial charge in [0.05, 0.1) is 18.0 Å². The van der Waals surface area contributed by atoms with Crippen molar-refractivity contribution < 1.29 is 14.3 Å². The third-order valence-corrected chi connectivity index (χ3v) is 6.14. The van der Waals surface area contributed by atoms with Crippen LogP contribution in [0.1, 0.15) is 37.6 Å². The van der Waals surface area contributed by atoms with Gasteiger partial charge in [0.25, 0.3) is 0 Å². The largest absolute Gasteiger partial charge is 0.383 e. The van der Waals surface area contributed by atoms with Gasteiger partial charge in [-0.2, -0.15) is 5.10 Å². The van der Waals surface area contributed by atoms with Crippen LogP contribution in [0.15, 0.2) is 53.0 Å². The Morgan fingerprint density at radius 2 is 1.75 bits per heavy atom. The van der Waals surface area contributed by atoms with E-state index in [1.165, 1.54) is 4.90 Å². The number of nitrogens with zero attached hydrogens (tertiary/aromatic N) is 3. The number of urea groups is 1. The number of hydrogen-bond acceptors (Lipinski definition) is 4. The lowest BCUT2D eigenvalue weighted by Gasteiger charge is -2.22. The zero-order chi connectivity index (χ0) is 26.5. The molecule has 0 saturated heterocycles. The van der Waals surface area contributed by atoms with E-state index in [-0.39, 0.29) is 30.4 Å². The normalized spacial score (nSPS) is 11.3. The zero-order valence-electron chi connectivity index (χ0n) is 21.7. The van der Waals surface area contributed by atoms with Gasteiger partial charge in [-0.1, -0.05) is 54.4 Å². The highest BCUT2D eigenvalue weighted by atomic mass is 79.9. The number of aromatic nitrogens is 2. The lowest BCUT2D eigenvalue weighted by molar-refractivity contribution is -0.116. The summed E-state index contributed by atoms with van der Waals surface area (Å²) in [4.78, 5) is 27.5. The van der Waals surface area contributed by atoms with Gasteiger partial charge in [0, 0.05) is 35.3 Å². The minimum atomic E-state index is -0.386. The summed E-state index contributed by atoms with van der Waals surface area (Å²) < 4.78 is 7.82. The average molecular weight is 557 g/mol. The molecule has 2 N–H and O–H groups in total. The van der Waals surface area contributed by atoms with E-state index in [2.05, 4.69) is 53.4 Å². The van der Waals surface area contributed by atoms with Gasteiger partial charge < -0.3 is 20.3 Å². The maximum absolute atomic E-state index is 13.1. The number of halogens is 1. The quantitative estimate of drug-likeness (QED) is 0.375. The van der Waals surface area contributed by atoms with Gasteiger partial charge in [-0.25, -0.2) is 9.48 Å². The number of hydrogen-bond donors (Lipinski definition) is 2. The predicted molar refractivity (Wildman–Crippen MR) is 147 cm³/mol. The summed E-state index contributed by atoms with van der Waals surface area (Å²) in [6.07, 6.45) is 0. The van der Waals surface area contributed by atoms with Crippen LogP contribution in [0, 0.1) is 13.8 Å². The molecule has 0 bridgehead atoms. The van der Waals surface area contributed by atoms with Gasteiger partial charge in [0.15, 0.2) is 0 Å². The number of methoxy groups -OCH3 is 1. The van der Waals surface area contributed by atoms with Crippen molar-refractivity contribution in [2.24, 2.45) is 0 Å². The lowest BCUT2D eigenvalue weighted by atomic mass is 9.92. The lowest BCUT2D eigenvalue weighted by Crippen LogP contribution is -2.42. The van der Waals surface area contributed by atoms with Crippen LogP contribution in [0.5, 0.6) is 0 Å². The monoisotopic (exact) mass is 555 g/mol. The summed E-state index contributed by atoms with van der Waals surface area (Å²) in [5.41, 5.74) is 4.35. The van der Waals surface area contributed by atoms with E-state index in [4.69, 9.17) is 9.84 Å². The molecule has 0 aliphatic rings. The Hall–Kier alpha value is -3.17. The van der Waals surface area contributed by atoms with Crippen LogP contribution in [-0.2, 0) is 14.9 Å². The van der Waals surface area contributed by atoms with E-state index < -0.39 is 0 Å². The smallest absolute Gasteiger partial charge is 0.322 e. The SMILES string of the molecule is COCCN(CC(=O)Nc1cc(C(C)(C)C)nn1-c1ccc(C)cc1C)C(=O)Nc1ccc(Br)cc1. The third kappa shape index (κ3) is 7.18. The van der Waals surface area contributed by atoms with Crippen molar-refractivity contribution in [3.63, 3.8) is 0 Å². The molecular weight excluding hydrogens is 522 g/mol. The molecule has 0 unspecified atom stereocenters. The molecule has 0 aliphatic carbocycles. The van der Waals surface area contributed by atoms with Gasteiger partial charge >= 0.3 is 6.03 Å². The molecular formula is C27H34BrN5O3. The molecule has 3 amide bonds. The average Bonchev–Trinajstić information content (AvgIpc) is 3.22. The molecule has 0 radical (unpaired) electrons. The van der Waals surface area contributed by atoms with Gasteiger partial charge in [-0.05, 0) is 49.7 Å². The van der Waals surface area contributed by atoms with Crippen LogP contribution in [0.3, 0.4) is 0 Å². The van der Waals surface area contributed by atoms with Crippen LogP contribution in [0.25, 0.3) is 5.69 Å². The Kier molecular flexibility index (Phi) is 8.92. The van der Waals surface area contributed by atoms with Crippen LogP contribution >= 0.6 is 15.9 Å². The van der Waals surface area contributed by atoms with Gasteiger partial charge in [-0.3, -0.25) is 4.79 Å². The Bertz CT molecular complexity index is 1220. The fourth-order valence-electron chi connectivity index (χ4n) is 3.61. The number of anilines is 2. The van der Waals surface area contributed by atoms with Crippen LogP contribution < -0.4 is 10.6 Å². The maximum Gasteiger partial charge on any atom is 0.322 e. The molecule has 0 fully saturated rings. The van der Waals surface area contributed by atoms with E-state index in [0.717, 1.165) is 27.0 Å². The number of nitrogens with one attached hydrogen (secondary N) is 2. The van der Waals surface area contributed by atoms with Gasteiger partial charge in [-0.15, -0.1) is 0 Å². The molecule has 2 aromatic carbocycles. The number of amides is 3. The van der Waals surface area contributed by atoms with E-state index in [9.17, 15) is 9.59 Å². The first kappa shape index (κ1) is 27.4. The highest BCUT2D eigenvalue weighted by Gasteiger charge is 2.23. The molecule has 9 heteroatoms. The second-order valence-corrected chi connectivity index (χ2v) is 10.7. The molecule has 0 saturated carbocycles. The fourth-order valence-corrected chi connectivity index (χ4v) is 3.87. The molecule has 36 heavy (non-hydrogen) atoms. The van der Waals surface area contributed by atoms with Crippen molar-refractivity contribution in [1.29, 1.82) is 0 Å². The van der Waals surface area contributed by atoms with Crippen molar-refractivity contribution in [2.45, 2.75) is 40.0 Å². The molecule has 3 rings (SSSR count). The first-order valence-electron chi connectivity index (χ1n) is 11.8. The molecule has 1 heterocycles. The minimum Gasteiger partial charge on any atom is -0.383 e. The summed E-state index contributed by atoms with van der Waals surface area (Å²) >= 11 is 3.38. The highest BCUT2D eigenvalue weighted by Crippen LogP contribution is 2.28. The number of benzene rings is 2. The predicted octanol–water partition coefficient (Wildman–Crippen LogP) is 5.67. The van der Waals surface area contributed by atoms with Crippen LogP contribution in [0.2, 0.25) is 0 Å². The Balaban J connectivity index is 1.83. The van der Waals surface area contributed by atoms with Crippen molar-refractivity contribution >= 4 is 39.4 Å². The fraction of sp³-hybridized carbons (Fsp3) is 0.370. The Morgan fingerprint density at radius 3 is 2.36 bits per heavy atom. The summed E-state index contributed by atoms with van der Waals surface area (Å²) in [6.45, 7) is 10.7. The van der Waals surface area contributed by atoms with E-state index in [0.29, 0.717) is 18.1 Å². The Labute approximate surface area is 221 Å². The maximum atomic E-state index is 13.1. The number of aryl methyl sites for hydroxylation is 2. The van der Waals surface area contributed by atoms with Gasteiger partial charge in [0.1, 0.15) is 12.4 Å². The summed E-state index contributed by atoms with van der Waals surface area (Å²) in [5, 5.41) is 10.6. The first-order chi connectivity index (χ1) is 17.0. The molecule has 3 aromatic rings. The topological polar surface area (TPSA) is 88.5 Å². The van der Waals surface area contributed by atoms with Crippen molar-refractivity contribution in [3.8, 4) is 5.69 Å². The zero-order valence-corrected chi connectivity index (χ0v) is 23.3. The Morgan fingerprint density at radius 1 is 1.06 bits per heavy atom. The second kappa shape index (κ2) is 11.7. The number of carbonyl (C=O) groups excluding carboxylic acids is 2. The van der Waals surface area contributed by atoms with Gasteiger partial charge in [0.2, 0.25) is 5.91 Å². The third-order valence-electron chi connectivity index (χ3n) is 5.61. The van der Waals surface area contributed by atoms with Crippen LogP contribution in [0.4, 0.5) is 16.3 Å². The first-order valence-corrected chi connectivity index (χ1v) is 12.6. The number of rotatable bonds is 8. The summed E-state index contributed by atoms with van der Waals surface area (Å²) in [5.74, 6) is 0.223. The molecule has 0 atom stereocenters. The molecule has 8 nitrogen and oxygen atoms in total. The van der Waals surface area contributed by atoms with Crippen molar-refractivity contribution in [1.82, 2.24) is 14.7 Å². The summed E-state index contributed by atoms with van der Waals surface area (Å²) in [6, 6.07) is 14.8. The standard InChI is InChI=1S/C27H34BrN5O3/c1-18-7-12-22(19(2)15-18)33-24(16-23(31-33)27(3,4)5)30-25(34)17-32(13-14-36-6)26(35)29-21-10-8-20(28)9-11-21/h7-12,15-16H,13-14,17H2,1-6H3,(H,29,35)(H,30,34). The second-order valence-electron chi connectivity index (χ2n) is 9.77. The van der Waals surface area contributed by atoms with Crippen molar-refractivity contribution in [2.75, 3.05) is 37.4 Å². The molecule has 192 valence electrons. The highest BCUT2D eigenvalue weighted by molar-refractivity contribution is 9.10. The summed E-state index contributed by atoms with van der Waals surface area (Å²) in [7, 11) is 1.56. The van der Waals surface area contributed by atoms with Crippen LogP contribution in [-0.4, -0.2) is 53.4 Å². The van der Waals surface area contributed by atoms with E-state index in [1.54, 1.807) is 23.9 Å². The van der Waals surface area contributed by atoms with Crippen molar-refractivity contribution in [3.05, 3.63) is 69.8 Å². The number of carbonyl (C=O) groups is 2. The van der Waals surface area contributed by atoms with E-state index >= 15 is 0 Å². The number of ether oxygens (including phenoxy) is 1.